The summed E-state index contributed by atoms with van der Waals surface area (Å²) in [6.45, 7) is 3.88. The molecule has 0 unspecified atom stereocenters. The molecule has 19 heavy (non-hydrogen) atoms. The van der Waals surface area contributed by atoms with E-state index in [9.17, 15) is 4.79 Å². The second-order valence-corrected chi connectivity index (χ2v) is 5.70. The van der Waals surface area contributed by atoms with E-state index in [1.165, 1.54) is 12.1 Å². The maximum Gasteiger partial charge on any atom is 0.196 e. The third-order valence-electron chi connectivity index (χ3n) is 2.72. The molecule has 0 aromatic heterocycles. The van der Waals surface area contributed by atoms with Gasteiger partial charge in [0, 0.05) is 10.6 Å². The topological polar surface area (TPSA) is 17.1 Å². The average Bonchev–Trinajstić information content (AvgIpc) is 2.25. The van der Waals surface area contributed by atoms with Gasteiger partial charge in [-0.05, 0) is 38.1 Å². The highest BCUT2D eigenvalue weighted by Gasteiger charge is 2.18. The zero-order chi connectivity index (χ0) is 14.2. The Kier molecular flexibility index (Phi) is 4.19. The first-order chi connectivity index (χ1) is 8.88. The number of rotatable bonds is 2. The quantitative estimate of drug-likeness (QED) is 0.670. The lowest BCUT2D eigenvalue weighted by molar-refractivity contribution is 0.103. The van der Waals surface area contributed by atoms with E-state index in [-0.39, 0.29) is 21.4 Å². The second-order valence-electron chi connectivity index (χ2n) is 4.45. The van der Waals surface area contributed by atoms with Crippen LogP contribution in [0.4, 0.5) is 0 Å². The fourth-order valence-electron chi connectivity index (χ4n) is 2.01. The number of aryl methyl sites for hydroxylation is 2. The van der Waals surface area contributed by atoms with Crippen LogP contribution in [0.2, 0.25) is 15.1 Å². The van der Waals surface area contributed by atoms with Crippen LogP contribution in [-0.2, 0) is 0 Å². The Morgan fingerprint density at radius 2 is 1.32 bits per heavy atom. The lowest BCUT2D eigenvalue weighted by Gasteiger charge is -2.08. The van der Waals surface area contributed by atoms with Crippen molar-refractivity contribution in [1.82, 2.24) is 0 Å². The minimum atomic E-state index is -0.196. The number of benzene rings is 2. The van der Waals surface area contributed by atoms with Crippen molar-refractivity contribution in [1.29, 1.82) is 0 Å². The Hall–Kier alpha value is -1.02. The summed E-state index contributed by atoms with van der Waals surface area (Å²) < 4.78 is 0. The summed E-state index contributed by atoms with van der Waals surface area (Å²) in [6, 6.07) is 8.67. The van der Waals surface area contributed by atoms with Crippen molar-refractivity contribution in [2.45, 2.75) is 13.8 Å². The van der Waals surface area contributed by atoms with E-state index in [0.717, 1.165) is 11.1 Å². The van der Waals surface area contributed by atoms with Crippen LogP contribution in [0.3, 0.4) is 0 Å². The van der Waals surface area contributed by atoms with Gasteiger partial charge >= 0.3 is 0 Å². The summed E-state index contributed by atoms with van der Waals surface area (Å²) in [5.74, 6) is -0.196. The van der Waals surface area contributed by atoms with Crippen molar-refractivity contribution in [3.63, 3.8) is 0 Å². The summed E-state index contributed by atoms with van der Waals surface area (Å²) in [7, 11) is 0. The first kappa shape index (κ1) is 14.4. The van der Waals surface area contributed by atoms with Gasteiger partial charge in [-0.3, -0.25) is 4.79 Å². The molecule has 0 aliphatic carbocycles. The van der Waals surface area contributed by atoms with Gasteiger partial charge in [-0.1, -0.05) is 52.0 Å². The molecule has 0 amide bonds. The monoisotopic (exact) mass is 312 g/mol. The predicted molar refractivity (Wildman–Crippen MR) is 80.8 cm³/mol. The molecule has 1 nitrogen and oxygen atoms in total. The molecule has 0 spiro atoms. The Bertz CT molecular complexity index is 619. The molecule has 2 aromatic rings. The standard InChI is InChI=1S/C15H11Cl3O/c1-8-3-9(2)5-10(4-8)15(19)14-12(17)6-11(16)7-13(14)18/h3-7H,1-2H3. The summed E-state index contributed by atoms with van der Waals surface area (Å²) in [5.41, 5.74) is 2.90. The van der Waals surface area contributed by atoms with E-state index in [2.05, 4.69) is 0 Å². The number of carbonyl (C=O) groups excluding carboxylic acids is 1. The van der Waals surface area contributed by atoms with Crippen LogP contribution < -0.4 is 0 Å². The van der Waals surface area contributed by atoms with Gasteiger partial charge in [0.2, 0.25) is 0 Å². The van der Waals surface area contributed by atoms with Gasteiger partial charge in [-0.2, -0.15) is 0 Å². The summed E-state index contributed by atoms with van der Waals surface area (Å²) in [4.78, 5) is 12.5. The Morgan fingerprint density at radius 3 is 1.79 bits per heavy atom. The van der Waals surface area contributed by atoms with Crippen molar-refractivity contribution < 1.29 is 4.79 Å². The van der Waals surface area contributed by atoms with Crippen LogP contribution in [0.25, 0.3) is 0 Å². The molecule has 0 saturated carbocycles. The van der Waals surface area contributed by atoms with Crippen molar-refractivity contribution >= 4 is 40.6 Å². The molecule has 0 atom stereocenters. The molecule has 4 heteroatoms. The van der Waals surface area contributed by atoms with Crippen LogP contribution in [0.5, 0.6) is 0 Å². The molecule has 2 rings (SSSR count). The Labute approximate surface area is 127 Å². The van der Waals surface area contributed by atoms with Crippen LogP contribution in [0.15, 0.2) is 30.3 Å². The highest BCUT2D eigenvalue weighted by Crippen LogP contribution is 2.31. The summed E-state index contributed by atoms with van der Waals surface area (Å²) in [6.07, 6.45) is 0. The Balaban J connectivity index is 2.56. The normalized spacial score (nSPS) is 10.6. The number of hydrogen-bond acceptors (Lipinski definition) is 1. The van der Waals surface area contributed by atoms with E-state index < -0.39 is 0 Å². The van der Waals surface area contributed by atoms with E-state index in [4.69, 9.17) is 34.8 Å². The Morgan fingerprint density at radius 1 is 0.842 bits per heavy atom. The third kappa shape index (κ3) is 3.11. The zero-order valence-electron chi connectivity index (χ0n) is 10.4. The van der Waals surface area contributed by atoms with Crippen molar-refractivity contribution in [3.05, 3.63) is 67.7 Å². The van der Waals surface area contributed by atoms with Crippen LogP contribution in [0, 0.1) is 13.8 Å². The number of ketones is 1. The minimum Gasteiger partial charge on any atom is -0.288 e. The molecule has 0 radical (unpaired) electrons. The predicted octanol–water partition coefficient (Wildman–Crippen LogP) is 5.49. The van der Waals surface area contributed by atoms with E-state index in [0.29, 0.717) is 10.6 Å². The van der Waals surface area contributed by atoms with Crippen LogP contribution in [-0.4, -0.2) is 5.78 Å². The highest BCUT2D eigenvalue weighted by atomic mass is 35.5. The van der Waals surface area contributed by atoms with E-state index >= 15 is 0 Å². The fraction of sp³-hybridized carbons (Fsp3) is 0.133. The van der Waals surface area contributed by atoms with Gasteiger partial charge in [0.05, 0.1) is 15.6 Å². The summed E-state index contributed by atoms with van der Waals surface area (Å²) >= 11 is 18.0. The minimum absolute atomic E-state index is 0.196. The molecule has 0 fully saturated rings. The maximum absolute atomic E-state index is 12.5. The van der Waals surface area contributed by atoms with Gasteiger partial charge < -0.3 is 0 Å². The molecule has 2 aromatic carbocycles. The van der Waals surface area contributed by atoms with Gasteiger partial charge in [0.15, 0.2) is 5.78 Å². The second kappa shape index (κ2) is 5.54. The molecular weight excluding hydrogens is 303 g/mol. The molecule has 0 saturated heterocycles. The fourth-order valence-corrected chi connectivity index (χ4v) is 3.00. The first-order valence-corrected chi connectivity index (χ1v) is 6.79. The highest BCUT2D eigenvalue weighted by molar-refractivity contribution is 6.43. The average molecular weight is 314 g/mol. The molecule has 0 bridgehead atoms. The largest absolute Gasteiger partial charge is 0.288 e. The van der Waals surface area contributed by atoms with Crippen molar-refractivity contribution in [2.24, 2.45) is 0 Å². The zero-order valence-corrected chi connectivity index (χ0v) is 12.7. The van der Waals surface area contributed by atoms with Gasteiger partial charge in [0.1, 0.15) is 0 Å². The van der Waals surface area contributed by atoms with E-state index in [1.807, 2.05) is 32.0 Å². The molecule has 0 N–H and O–H groups in total. The van der Waals surface area contributed by atoms with E-state index in [1.54, 1.807) is 0 Å². The van der Waals surface area contributed by atoms with Gasteiger partial charge in [-0.25, -0.2) is 0 Å². The molecule has 98 valence electrons. The lowest BCUT2D eigenvalue weighted by atomic mass is 9.99. The molecule has 0 heterocycles. The smallest absolute Gasteiger partial charge is 0.196 e. The van der Waals surface area contributed by atoms with Gasteiger partial charge in [-0.15, -0.1) is 0 Å². The molecule has 0 aliphatic rings. The summed E-state index contributed by atoms with van der Waals surface area (Å²) in [5, 5.41) is 0.940. The van der Waals surface area contributed by atoms with Gasteiger partial charge in [0.25, 0.3) is 0 Å². The number of halogens is 3. The van der Waals surface area contributed by atoms with Crippen LogP contribution >= 0.6 is 34.8 Å². The molecule has 0 aliphatic heterocycles. The van der Waals surface area contributed by atoms with Crippen LogP contribution in [0.1, 0.15) is 27.0 Å². The van der Waals surface area contributed by atoms with Crippen molar-refractivity contribution in [2.75, 3.05) is 0 Å². The maximum atomic E-state index is 12.5. The first-order valence-electron chi connectivity index (χ1n) is 5.66. The third-order valence-corrected chi connectivity index (χ3v) is 3.53. The SMILES string of the molecule is Cc1cc(C)cc(C(=O)c2c(Cl)cc(Cl)cc2Cl)c1. The lowest BCUT2D eigenvalue weighted by Crippen LogP contribution is -2.04. The number of hydrogen-bond donors (Lipinski definition) is 0. The number of carbonyl (C=O) groups is 1. The van der Waals surface area contributed by atoms with Crippen molar-refractivity contribution in [3.8, 4) is 0 Å². The molecular formula is C15H11Cl3O.